The number of likely N-dealkylation sites (tertiary alicyclic amines) is 1. The lowest BCUT2D eigenvalue weighted by atomic mass is 9.93. The van der Waals surface area contributed by atoms with E-state index in [-0.39, 0.29) is 11.9 Å². The normalized spacial score (nSPS) is 17.4. The second kappa shape index (κ2) is 10.7. The van der Waals surface area contributed by atoms with E-state index < -0.39 is 5.41 Å². The van der Waals surface area contributed by atoms with Gasteiger partial charge in [-0.25, -0.2) is 0 Å². The minimum absolute atomic E-state index is 0.0892. The van der Waals surface area contributed by atoms with Crippen molar-refractivity contribution in [3.05, 3.63) is 87.9 Å². The molecule has 2 fully saturated rings. The van der Waals surface area contributed by atoms with Gasteiger partial charge in [-0.1, -0.05) is 53.5 Å². The van der Waals surface area contributed by atoms with Gasteiger partial charge in [0.05, 0.1) is 12.5 Å². The fourth-order valence-corrected chi connectivity index (χ4v) is 5.57. The van der Waals surface area contributed by atoms with Gasteiger partial charge in [0.1, 0.15) is 5.75 Å². The zero-order valence-electron chi connectivity index (χ0n) is 20.3. The van der Waals surface area contributed by atoms with Crippen LogP contribution in [0.2, 0.25) is 10.0 Å². The van der Waals surface area contributed by atoms with Crippen molar-refractivity contribution in [3.8, 4) is 17.2 Å². The van der Waals surface area contributed by atoms with Crippen LogP contribution < -0.4 is 14.8 Å². The van der Waals surface area contributed by atoms with Crippen LogP contribution in [0.15, 0.2) is 66.7 Å². The van der Waals surface area contributed by atoms with E-state index in [2.05, 4.69) is 22.3 Å². The topological polar surface area (TPSA) is 50.8 Å². The Morgan fingerprint density at radius 3 is 2.44 bits per heavy atom. The maximum atomic E-state index is 13.2. The number of nitrogens with zero attached hydrogens (tertiary/aromatic N) is 1. The highest BCUT2D eigenvalue weighted by Crippen LogP contribution is 2.51. The van der Waals surface area contributed by atoms with Crippen LogP contribution in [0.4, 0.5) is 0 Å². The Labute approximate surface area is 222 Å². The Bertz CT molecular complexity index is 1240. The molecule has 2 aliphatic rings. The molecule has 1 N–H and O–H groups in total. The quantitative estimate of drug-likeness (QED) is 0.360. The van der Waals surface area contributed by atoms with Crippen LogP contribution in [0.3, 0.4) is 0 Å². The molecule has 36 heavy (non-hydrogen) atoms. The summed E-state index contributed by atoms with van der Waals surface area (Å²) in [7, 11) is 1.64. The molecule has 0 bridgehead atoms. The van der Waals surface area contributed by atoms with E-state index in [0.717, 1.165) is 56.6 Å². The van der Waals surface area contributed by atoms with Crippen LogP contribution in [0, 0.1) is 0 Å². The summed E-state index contributed by atoms with van der Waals surface area (Å²) in [5, 5.41) is 4.46. The molecule has 188 valence electrons. The number of benzene rings is 3. The molecule has 1 aliphatic carbocycles. The van der Waals surface area contributed by atoms with Crippen LogP contribution in [-0.4, -0.2) is 37.0 Å². The SMILES string of the molecule is COc1ccccc1Oc1cccc(CN2CCC(NC(=O)C3(c4ccc(Cl)cc4Cl)CC3)CC2)c1. The maximum Gasteiger partial charge on any atom is 0.230 e. The summed E-state index contributed by atoms with van der Waals surface area (Å²) in [6.45, 7) is 2.70. The molecule has 1 aliphatic heterocycles. The lowest BCUT2D eigenvalue weighted by molar-refractivity contribution is -0.124. The van der Waals surface area contributed by atoms with E-state index in [1.54, 1.807) is 13.2 Å². The van der Waals surface area contributed by atoms with E-state index in [0.29, 0.717) is 21.5 Å². The first-order valence-corrected chi connectivity index (χ1v) is 13.1. The molecule has 1 saturated heterocycles. The fourth-order valence-electron chi connectivity index (χ4n) is 4.98. The third-order valence-corrected chi connectivity index (χ3v) is 7.70. The average Bonchev–Trinajstić information content (AvgIpc) is 3.68. The summed E-state index contributed by atoms with van der Waals surface area (Å²) in [6.07, 6.45) is 3.50. The summed E-state index contributed by atoms with van der Waals surface area (Å²) >= 11 is 12.5. The average molecular weight is 525 g/mol. The number of nitrogens with one attached hydrogen (secondary N) is 1. The van der Waals surface area contributed by atoms with E-state index in [9.17, 15) is 4.79 Å². The monoisotopic (exact) mass is 524 g/mol. The van der Waals surface area contributed by atoms with Crippen molar-refractivity contribution >= 4 is 29.1 Å². The Hall–Kier alpha value is -2.73. The van der Waals surface area contributed by atoms with Gasteiger partial charge in [-0.05, 0) is 73.2 Å². The molecule has 0 spiro atoms. The summed E-state index contributed by atoms with van der Waals surface area (Å²) in [4.78, 5) is 15.6. The molecule has 1 amide bonds. The van der Waals surface area contributed by atoms with Crippen molar-refractivity contribution in [1.82, 2.24) is 10.2 Å². The van der Waals surface area contributed by atoms with Gasteiger partial charge >= 0.3 is 0 Å². The zero-order chi connectivity index (χ0) is 25.1. The highest BCUT2D eigenvalue weighted by atomic mass is 35.5. The number of methoxy groups -OCH3 is 1. The van der Waals surface area contributed by atoms with Crippen molar-refractivity contribution in [1.29, 1.82) is 0 Å². The van der Waals surface area contributed by atoms with Gasteiger partial charge in [0.2, 0.25) is 5.91 Å². The highest BCUT2D eigenvalue weighted by molar-refractivity contribution is 6.35. The number of piperidine rings is 1. The second-order valence-electron chi connectivity index (χ2n) is 9.63. The molecule has 3 aromatic rings. The van der Waals surface area contributed by atoms with Crippen LogP contribution in [0.1, 0.15) is 36.8 Å². The van der Waals surface area contributed by atoms with Gasteiger partial charge in [-0.2, -0.15) is 0 Å². The minimum atomic E-state index is -0.499. The lowest BCUT2D eigenvalue weighted by Crippen LogP contribution is -2.47. The zero-order valence-corrected chi connectivity index (χ0v) is 21.8. The Morgan fingerprint density at radius 2 is 1.75 bits per heavy atom. The second-order valence-corrected chi connectivity index (χ2v) is 10.5. The number of carbonyl (C=O) groups is 1. The van der Waals surface area contributed by atoms with Gasteiger partial charge in [0, 0.05) is 35.7 Å². The molecular formula is C29H30Cl2N2O3. The maximum absolute atomic E-state index is 13.2. The molecular weight excluding hydrogens is 495 g/mol. The number of hydrogen-bond donors (Lipinski definition) is 1. The van der Waals surface area contributed by atoms with Gasteiger partial charge in [0.15, 0.2) is 11.5 Å². The summed E-state index contributed by atoms with van der Waals surface area (Å²) in [6, 6.07) is 21.4. The van der Waals surface area contributed by atoms with Crippen molar-refractivity contribution in [2.24, 2.45) is 0 Å². The number of ether oxygens (including phenoxy) is 2. The molecule has 1 heterocycles. The lowest BCUT2D eigenvalue weighted by Gasteiger charge is -2.33. The first-order valence-electron chi connectivity index (χ1n) is 12.4. The van der Waals surface area contributed by atoms with Crippen LogP contribution in [0.25, 0.3) is 0 Å². The molecule has 1 saturated carbocycles. The Balaban J connectivity index is 1.14. The standard InChI is InChI=1S/C29H30Cl2N2O3/c1-35-26-7-2-3-8-27(26)36-23-6-4-5-20(17-23)19-33-15-11-22(12-16-33)32-28(34)29(13-14-29)24-10-9-21(30)18-25(24)31/h2-10,17-18,22H,11-16,19H2,1H3,(H,32,34). The Morgan fingerprint density at radius 1 is 1.00 bits per heavy atom. The van der Waals surface area contributed by atoms with Crippen molar-refractivity contribution in [2.45, 2.75) is 43.7 Å². The summed E-state index contributed by atoms with van der Waals surface area (Å²) in [5.41, 5.74) is 1.58. The fraction of sp³-hybridized carbons (Fsp3) is 0.345. The van der Waals surface area contributed by atoms with Gasteiger partial charge in [0.25, 0.3) is 0 Å². The van der Waals surface area contributed by atoms with Gasteiger partial charge in [-0.3, -0.25) is 9.69 Å². The van der Waals surface area contributed by atoms with Crippen LogP contribution in [-0.2, 0) is 16.8 Å². The van der Waals surface area contributed by atoms with E-state index in [4.69, 9.17) is 32.7 Å². The summed E-state index contributed by atoms with van der Waals surface area (Å²) < 4.78 is 11.5. The molecule has 0 unspecified atom stereocenters. The van der Waals surface area contributed by atoms with Crippen molar-refractivity contribution in [2.75, 3.05) is 20.2 Å². The van der Waals surface area contributed by atoms with Crippen molar-refractivity contribution < 1.29 is 14.3 Å². The van der Waals surface area contributed by atoms with Gasteiger partial charge < -0.3 is 14.8 Å². The third-order valence-electron chi connectivity index (χ3n) is 7.16. The molecule has 7 heteroatoms. The Kier molecular flexibility index (Phi) is 7.42. The van der Waals surface area contributed by atoms with Crippen molar-refractivity contribution in [3.63, 3.8) is 0 Å². The van der Waals surface area contributed by atoms with E-state index in [1.165, 1.54) is 5.56 Å². The van der Waals surface area contributed by atoms with E-state index in [1.807, 2.05) is 48.5 Å². The summed E-state index contributed by atoms with van der Waals surface area (Å²) in [5.74, 6) is 2.28. The highest BCUT2D eigenvalue weighted by Gasteiger charge is 2.52. The predicted octanol–water partition coefficient (Wildman–Crippen LogP) is 6.61. The number of rotatable bonds is 8. The molecule has 0 atom stereocenters. The minimum Gasteiger partial charge on any atom is -0.493 e. The van der Waals surface area contributed by atoms with Gasteiger partial charge in [-0.15, -0.1) is 0 Å². The molecule has 0 radical (unpaired) electrons. The largest absolute Gasteiger partial charge is 0.493 e. The first kappa shape index (κ1) is 24.9. The first-order chi connectivity index (χ1) is 17.5. The van der Waals surface area contributed by atoms with Crippen LogP contribution >= 0.6 is 23.2 Å². The number of hydrogen-bond acceptors (Lipinski definition) is 4. The van der Waals surface area contributed by atoms with Crippen LogP contribution in [0.5, 0.6) is 17.2 Å². The molecule has 5 nitrogen and oxygen atoms in total. The molecule has 0 aromatic heterocycles. The smallest absolute Gasteiger partial charge is 0.230 e. The predicted molar refractivity (Wildman–Crippen MR) is 143 cm³/mol. The number of amides is 1. The third kappa shape index (κ3) is 5.49. The number of para-hydroxylation sites is 2. The number of carbonyl (C=O) groups excluding carboxylic acids is 1. The number of halogens is 2. The molecule has 3 aromatic carbocycles. The molecule has 5 rings (SSSR count). The van der Waals surface area contributed by atoms with E-state index >= 15 is 0 Å².